The average Bonchev–Trinajstić information content (AvgIpc) is 2.79. The normalized spacial score (nSPS) is 11.5. The van der Waals surface area contributed by atoms with E-state index in [0.29, 0.717) is 24.3 Å². The number of nitrogens with one attached hydrogen (secondary N) is 1. The van der Waals surface area contributed by atoms with Crippen LogP contribution in [0, 0.1) is 24.0 Å². The summed E-state index contributed by atoms with van der Waals surface area (Å²) < 4.78 is 45.5. The quantitative estimate of drug-likeness (QED) is 0.199. The predicted molar refractivity (Wildman–Crippen MR) is 132 cm³/mol. The predicted octanol–water partition coefficient (Wildman–Crippen LogP) is 6.26. The molecule has 0 unspecified atom stereocenters. The van der Waals surface area contributed by atoms with Gasteiger partial charge in [-0.1, -0.05) is 34.1 Å². The molecule has 0 saturated carbocycles. The lowest BCUT2D eigenvalue weighted by Gasteiger charge is -2.13. The number of rotatable bonds is 8. The molecule has 0 saturated heterocycles. The number of carbonyl (C=O) groups is 1. The molecule has 1 amide bonds. The number of hydrazone groups is 1. The molecule has 0 aliphatic rings. The number of hydrogen-bond donors (Lipinski definition) is 1. The molecule has 0 aromatic heterocycles. The first kappa shape index (κ1) is 26.9. The number of ether oxygens (including phenoxy) is 1. The Morgan fingerprint density at radius 1 is 1.11 bits per heavy atom. The fourth-order valence-corrected chi connectivity index (χ4v) is 3.74. The van der Waals surface area contributed by atoms with Crippen LogP contribution in [0.5, 0.6) is 5.75 Å². The molecule has 3 aromatic carbocycles. The summed E-state index contributed by atoms with van der Waals surface area (Å²) in [5.74, 6) is 0.0192. The van der Waals surface area contributed by atoms with Gasteiger partial charge in [0, 0.05) is 16.1 Å². The van der Waals surface area contributed by atoms with E-state index in [1.807, 2.05) is 50.2 Å². The second-order valence-electron chi connectivity index (χ2n) is 7.97. The Labute approximate surface area is 213 Å². The minimum absolute atomic E-state index is 0.153. The van der Waals surface area contributed by atoms with Crippen LogP contribution in [-0.4, -0.2) is 17.0 Å². The summed E-state index contributed by atoms with van der Waals surface area (Å²) >= 11 is 3.39. The highest BCUT2D eigenvalue weighted by Crippen LogP contribution is 2.33. The van der Waals surface area contributed by atoms with Crippen molar-refractivity contribution in [2.24, 2.45) is 5.10 Å². The molecule has 0 bridgehead atoms. The van der Waals surface area contributed by atoms with Crippen LogP contribution in [0.1, 0.15) is 33.4 Å². The van der Waals surface area contributed by atoms with Gasteiger partial charge in [0.15, 0.2) is 0 Å². The summed E-state index contributed by atoms with van der Waals surface area (Å²) in [6.07, 6.45) is -3.84. The van der Waals surface area contributed by atoms with Crippen molar-refractivity contribution in [1.29, 1.82) is 0 Å². The van der Waals surface area contributed by atoms with Crippen LogP contribution < -0.4 is 10.2 Å². The summed E-state index contributed by atoms with van der Waals surface area (Å²) in [5.41, 5.74) is 3.57. The molecule has 0 radical (unpaired) electrons. The summed E-state index contributed by atoms with van der Waals surface area (Å²) in [6.45, 7) is 4.15. The molecular formula is C25H21BrF3N3O4. The molecule has 0 atom stereocenters. The molecule has 3 rings (SSSR count). The highest BCUT2D eigenvalue weighted by Gasteiger charge is 2.33. The lowest BCUT2D eigenvalue weighted by Crippen LogP contribution is -2.20. The number of nitro groups is 1. The van der Waals surface area contributed by atoms with Gasteiger partial charge >= 0.3 is 6.18 Å². The molecule has 0 aliphatic heterocycles. The van der Waals surface area contributed by atoms with E-state index in [1.165, 1.54) is 6.21 Å². The van der Waals surface area contributed by atoms with E-state index in [2.05, 4.69) is 26.5 Å². The minimum Gasteiger partial charge on any atom is -0.488 e. The zero-order chi connectivity index (χ0) is 26.5. The maximum atomic E-state index is 12.8. The molecule has 0 fully saturated rings. The summed E-state index contributed by atoms with van der Waals surface area (Å²) in [6, 6.07) is 13.5. The number of carbonyl (C=O) groups excluding carboxylic acids is 1. The van der Waals surface area contributed by atoms with Crippen LogP contribution >= 0.6 is 15.9 Å². The number of amides is 1. The highest BCUT2D eigenvalue weighted by atomic mass is 79.9. The molecule has 36 heavy (non-hydrogen) atoms. The van der Waals surface area contributed by atoms with Gasteiger partial charge in [0.25, 0.3) is 5.69 Å². The highest BCUT2D eigenvalue weighted by molar-refractivity contribution is 9.10. The Morgan fingerprint density at radius 2 is 1.75 bits per heavy atom. The number of nitro benzene ring substituents is 1. The molecule has 0 spiro atoms. The lowest BCUT2D eigenvalue weighted by molar-refractivity contribution is -0.385. The summed E-state index contributed by atoms with van der Waals surface area (Å²) in [4.78, 5) is 22.4. The standard InChI is InChI=1S/C25H21BrF3N3O4/c1-15-9-18(10-16(2)24(15)36-14-17-3-7-21(26)8-4-17)13-30-31-23(33)11-19-5-6-20(25(27,28)29)12-22(19)32(34)35/h3-10,12-13H,11,14H2,1-2H3,(H,31,33)/b30-13+. The van der Waals surface area contributed by atoms with Crippen molar-refractivity contribution >= 4 is 33.7 Å². The summed E-state index contributed by atoms with van der Waals surface area (Å²) in [5, 5.41) is 15.0. The van der Waals surface area contributed by atoms with E-state index >= 15 is 0 Å². The van der Waals surface area contributed by atoms with E-state index in [-0.39, 0.29) is 5.56 Å². The Balaban J connectivity index is 1.63. The number of nitrogens with zero attached hydrogens (tertiary/aromatic N) is 2. The zero-order valence-corrected chi connectivity index (χ0v) is 20.8. The van der Waals surface area contributed by atoms with E-state index in [0.717, 1.165) is 33.0 Å². The minimum atomic E-state index is -4.73. The van der Waals surface area contributed by atoms with E-state index in [4.69, 9.17) is 4.74 Å². The smallest absolute Gasteiger partial charge is 0.416 e. The summed E-state index contributed by atoms with van der Waals surface area (Å²) in [7, 11) is 0. The molecule has 11 heteroatoms. The molecule has 0 aliphatic carbocycles. The van der Waals surface area contributed by atoms with Crippen LogP contribution in [-0.2, 0) is 24.0 Å². The second kappa shape index (κ2) is 11.3. The zero-order valence-electron chi connectivity index (χ0n) is 19.2. The molecular weight excluding hydrogens is 543 g/mol. The van der Waals surface area contributed by atoms with Crippen LogP contribution in [0.4, 0.5) is 18.9 Å². The van der Waals surface area contributed by atoms with Crippen LogP contribution in [0.3, 0.4) is 0 Å². The van der Waals surface area contributed by atoms with Crippen molar-refractivity contribution in [3.63, 3.8) is 0 Å². The maximum absolute atomic E-state index is 12.8. The van der Waals surface area contributed by atoms with E-state index < -0.39 is 34.7 Å². The molecule has 1 N–H and O–H groups in total. The Hall–Kier alpha value is -3.73. The first-order valence-electron chi connectivity index (χ1n) is 10.6. The van der Waals surface area contributed by atoms with Crippen molar-refractivity contribution in [2.45, 2.75) is 33.1 Å². The van der Waals surface area contributed by atoms with Crippen LogP contribution in [0.2, 0.25) is 0 Å². The van der Waals surface area contributed by atoms with E-state index in [9.17, 15) is 28.1 Å². The first-order valence-corrected chi connectivity index (χ1v) is 11.4. The van der Waals surface area contributed by atoms with Gasteiger partial charge in [-0.3, -0.25) is 14.9 Å². The third-order valence-corrected chi connectivity index (χ3v) is 5.67. The molecule has 0 heterocycles. The van der Waals surface area contributed by atoms with Crippen LogP contribution in [0.15, 0.2) is 64.2 Å². The number of halogens is 4. The largest absolute Gasteiger partial charge is 0.488 e. The Morgan fingerprint density at radius 3 is 2.33 bits per heavy atom. The van der Waals surface area contributed by atoms with E-state index in [1.54, 1.807) is 0 Å². The van der Waals surface area contributed by atoms with Gasteiger partial charge < -0.3 is 4.74 Å². The Kier molecular flexibility index (Phi) is 8.46. The molecule has 188 valence electrons. The van der Waals surface area contributed by atoms with Gasteiger partial charge in [-0.25, -0.2) is 5.43 Å². The maximum Gasteiger partial charge on any atom is 0.416 e. The number of benzene rings is 3. The third-order valence-electron chi connectivity index (χ3n) is 5.14. The van der Waals surface area contributed by atoms with Crippen molar-refractivity contribution in [1.82, 2.24) is 5.43 Å². The fraction of sp³-hybridized carbons (Fsp3) is 0.200. The van der Waals surface area contributed by atoms with Crippen LogP contribution in [0.25, 0.3) is 0 Å². The van der Waals surface area contributed by atoms with Crippen molar-refractivity contribution in [2.75, 3.05) is 0 Å². The van der Waals surface area contributed by atoms with Gasteiger partial charge in [0.2, 0.25) is 5.91 Å². The van der Waals surface area contributed by atoms with Crippen molar-refractivity contribution in [3.05, 3.63) is 103 Å². The lowest BCUT2D eigenvalue weighted by atomic mass is 10.1. The average molecular weight is 564 g/mol. The van der Waals surface area contributed by atoms with Gasteiger partial charge in [-0.2, -0.15) is 18.3 Å². The van der Waals surface area contributed by atoms with Gasteiger partial charge in [-0.05, 0) is 66.4 Å². The molecule has 7 nitrogen and oxygen atoms in total. The third kappa shape index (κ3) is 7.14. The monoisotopic (exact) mass is 563 g/mol. The van der Waals surface area contributed by atoms with Gasteiger partial charge in [0.1, 0.15) is 12.4 Å². The fourth-order valence-electron chi connectivity index (χ4n) is 3.47. The topological polar surface area (TPSA) is 93.8 Å². The van der Waals surface area contributed by atoms with Crippen molar-refractivity contribution in [3.8, 4) is 5.75 Å². The molecule has 3 aromatic rings. The second-order valence-corrected chi connectivity index (χ2v) is 8.88. The Bertz CT molecular complexity index is 1290. The first-order chi connectivity index (χ1) is 16.9. The SMILES string of the molecule is Cc1cc(/C=N/NC(=O)Cc2ccc(C(F)(F)F)cc2[N+](=O)[O-])cc(C)c1OCc1ccc(Br)cc1. The van der Waals surface area contributed by atoms with Crippen molar-refractivity contribution < 1.29 is 27.6 Å². The number of alkyl halides is 3. The van der Waals surface area contributed by atoms with Gasteiger partial charge in [-0.15, -0.1) is 0 Å². The number of aryl methyl sites for hydroxylation is 2. The number of hydrogen-bond acceptors (Lipinski definition) is 5. The van der Waals surface area contributed by atoms with Gasteiger partial charge in [0.05, 0.1) is 23.1 Å².